The molecule has 1 fully saturated rings. The molecule has 2 nitrogen and oxygen atoms in total. The van der Waals surface area contributed by atoms with E-state index in [1.54, 1.807) is 6.07 Å². The summed E-state index contributed by atoms with van der Waals surface area (Å²) >= 11 is 0. The summed E-state index contributed by atoms with van der Waals surface area (Å²) < 4.78 is 19.4. The summed E-state index contributed by atoms with van der Waals surface area (Å²) in [5.74, 6) is 1.10. The van der Waals surface area contributed by atoms with Crippen LogP contribution in [0.2, 0.25) is 0 Å². The van der Waals surface area contributed by atoms with Crippen LogP contribution in [0.15, 0.2) is 28.7 Å². The van der Waals surface area contributed by atoms with Crippen LogP contribution in [-0.2, 0) is 0 Å². The molecule has 1 aliphatic rings. The lowest BCUT2D eigenvalue weighted by Crippen LogP contribution is -2.45. The average molecular weight is 275 g/mol. The molecule has 1 aromatic heterocycles. The Balaban J connectivity index is 1.78. The fraction of sp³-hybridized carbons (Fsp3) is 0.529. The number of hydrogen-bond donors (Lipinski definition) is 0. The fourth-order valence-corrected chi connectivity index (χ4v) is 3.08. The summed E-state index contributed by atoms with van der Waals surface area (Å²) in [5.41, 5.74) is 0.631. The first kappa shape index (κ1) is 13.6. The summed E-state index contributed by atoms with van der Waals surface area (Å²) in [6, 6.07) is 7.11. The van der Waals surface area contributed by atoms with Gasteiger partial charge in [0, 0.05) is 16.8 Å². The van der Waals surface area contributed by atoms with Crippen molar-refractivity contribution in [2.75, 3.05) is 13.1 Å². The van der Waals surface area contributed by atoms with Gasteiger partial charge in [-0.2, -0.15) is 0 Å². The molecule has 0 saturated carbocycles. The van der Waals surface area contributed by atoms with E-state index in [1.165, 1.54) is 6.07 Å². The molecular weight excluding hydrogens is 253 g/mol. The Kier molecular flexibility index (Phi) is 3.33. The molecule has 0 amide bonds. The molecule has 2 heterocycles. The lowest BCUT2D eigenvalue weighted by atomic mass is 9.91. The molecule has 20 heavy (non-hydrogen) atoms. The van der Waals surface area contributed by atoms with Crippen LogP contribution < -0.4 is 0 Å². The molecule has 0 atom stereocenters. The van der Waals surface area contributed by atoms with E-state index in [-0.39, 0.29) is 11.4 Å². The molecule has 0 N–H and O–H groups in total. The number of benzene rings is 1. The van der Waals surface area contributed by atoms with E-state index in [9.17, 15) is 4.39 Å². The van der Waals surface area contributed by atoms with Gasteiger partial charge in [0.05, 0.1) is 0 Å². The third-order valence-electron chi connectivity index (χ3n) is 4.36. The Bertz CT molecular complexity index is 603. The van der Waals surface area contributed by atoms with E-state index < -0.39 is 0 Å². The third-order valence-corrected chi connectivity index (χ3v) is 4.36. The summed E-state index contributed by atoms with van der Waals surface area (Å²) in [6.07, 6.45) is 2.16. The molecule has 1 aliphatic heterocycles. The van der Waals surface area contributed by atoms with Gasteiger partial charge in [0.1, 0.15) is 5.76 Å². The molecule has 0 aliphatic carbocycles. The molecule has 0 bridgehead atoms. The van der Waals surface area contributed by atoms with Crippen LogP contribution in [0.3, 0.4) is 0 Å². The maximum atomic E-state index is 13.7. The molecule has 2 aromatic rings. The SMILES string of the molecule is CC(C)(C)N1CCC(c2cc3cccc(F)c3o2)CC1. The number of fused-ring (bicyclic) bond motifs is 1. The van der Waals surface area contributed by atoms with Crippen LogP contribution in [0.25, 0.3) is 11.0 Å². The Hall–Kier alpha value is -1.35. The van der Waals surface area contributed by atoms with Gasteiger partial charge in [-0.1, -0.05) is 12.1 Å². The Morgan fingerprint density at radius 2 is 1.90 bits per heavy atom. The van der Waals surface area contributed by atoms with Gasteiger partial charge in [-0.25, -0.2) is 4.39 Å². The standard InChI is InChI=1S/C17H22FNO/c1-17(2,3)19-9-7-12(8-10-19)15-11-13-5-4-6-14(18)16(13)20-15/h4-6,11-12H,7-10H2,1-3H3. The highest BCUT2D eigenvalue weighted by Crippen LogP contribution is 2.34. The van der Waals surface area contributed by atoms with E-state index >= 15 is 0 Å². The summed E-state index contributed by atoms with van der Waals surface area (Å²) in [7, 11) is 0. The van der Waals surface area contributed by atoms with Crippen molar-refractivity contribution in [3.05, 3.63) is 35.8 Å². The van der Waals surface area contributed by atoms with Gasteiger partial charge in [0.25, 0.3) is 0 Å². The lowest BCUT2D eigenvalue weighted by molar-refractivity contribution is 0.0987. The predicted molar refractivity (Wildman–Crippen MR) is 79.5 cm³/mol. The normalized spacial score (nSPS) is 18.8. The zero-order valence-electron chi connectivity index (χ0n) is 12.4. The number of hydrogen-bond acceptors (Lipinski definition) is 2. The van der Waals surface area contributed by atoms with Crippen LogP contribution >= 0.6 is 0 Å². The van der Waals surface area contributed by atoms with E-state index in [2.05, 4.69) is 25.7 Å². The minimum atomic E-state index is -0.263. The van der Waals surface area contributed by atoms with Crippen LogP contribution in [0.5, 0.6) is 0 Å². The maximum absolute atomic E-state index is 13.7. The van der Waals surface area contributed by atoms with Crippen molar-refractivity contribution in [3.8, 4) is 0 Å². The number of halogens is 1. The molecule has 0 radical (unpaired) electrons. The van der Waals surface area contributed by atoms with Gasteiger partial charge in [-0.3, -0.25) is 4.90 Å². The smallest absolute Gasteiger partial charge is 0.169 e. The summed E-state index contributed by atoms with van der Waals surface area (Å²) in [4.78, 5) is 2.51. The molecule has 1 saturated heterocycles. The number of piperidine rings is 1. The van der Waals surface area contributed by atoms with Crippen molar-refractivity contribution < 1.29 is 8.81 Å². The highest BCUT2D eigenvalue weighted by molar-refractivity contribution is 5.78. The van der Waals surface area contributed by atoms with Crippen molar-refractivity contribution in [2.45, 2.75) is 45.1 Å². The third kappa shape index (κ3) is 2.47. The molecule has 3 rings (SSSR count). The summed E-state index contributed by atoms with van der Waals surface area (Å²) in [5, 5.41) is 0.873. The van der Waals surface area contributed by atoms with Crippen molar-refractivity contribution >= 4 is 11.0 Å². The maximum Gasteiger partial charge on any atom is 0.169 e. The number of para-hydroxylation sites is 1. The Labute approximate surface area is 119 Å². The molecular formula is C17H22FNO. The second kappa shape index (κ2) is 4.88. The first-order valence-electron chi connectivity index (χ1n) is 7.38. The van der Waals surface area contributed by atoms with Crippen molar-refractivity contribution in [1.82, 2.24) is 4.90 Å². The van der Waals surface area contributed by atoms with Crippen LogP contribution in [0.1, 0.15) is 45.3 Å². The summed E-state index contributed by atoms with van der Waals surface area (Å²) in [6.45, 7) is 8.92. The van der Waals surface area contributed by atoms with Crippen LogP contribution in [0, 0.1) is 5.82 Å². The van der Waals surface area contributed by atoms with Crippen LogP contribution in [-0.4, -0.2) is 23.5 Å². The van der Waals surface area contributed by atoms with Crippen molar-refractivity contribution in [3.63, 3.8) is 0 Å². The Morgan fingerprint density at radius 3 is 2.50 bits per heavy atom. The Morgan fingerprint density at radius 1 is 1.20 bits per heavy atom. The second-order valence-electron chi connectivity index (χ2n) is 6.74. The quantitative estimate of drug-likeness (QED) is 0.759. The molecule has 0 spiro atoms. The molecule has 0 unspecified atom stereocenters. The van der Waals surface area contributed by atoms with Gasteiger partial charge < -0.3 is 4.42 Å². The minimum Gasteiger partial charge on any atom is -0.458 e. The number of furan rings is 1. The zero-order chi connectivity index (χ0) is 14.3. The highest BCUT2D eigenvalue weighted by atomic mass is 19.1. The van der Waals surface area contributed by atoms with Gasteiger partial charge in [-0.05, 0) is 58.8 Å². The average Bonchev–Trinajstić information content (AvgIpc) is 2.83. The molecule has 108 valence electrons. The van der Waals surface area contributed by atoms with Crippen molar-refractivity contribution in [2.24, 2.45) is 0 Å². The van der Waals surface area contributed by atoms with Crippen molar-refractivity contribution in [1.29, 1.82) is 0 Å². The van der Waals surface area contributed by atoms with Gasteiger partial charge in [0.15, 0.2) is 11.4 Å². The number of nitrogens with zero attached hydrogens (tertiary/aromatic N) is 1. The van der Waals surface area contributed by atoms with Crippen LogP contribution in [0.4, 0.5) is 4.39 Å². The van der Waals surface area contributed by atoms with E-state index in [1.807, 2.05) is 12.1 Å². The van der Waals surface area contributed by atoms with E-state index in [0.29, 0.717) is 11.5 Å². The second-order valence-corrected chi connectivity index (χ2v) is 6.74. The minimum absolute atomic E-state index is 0.227. The van der Waals surface area contributed by atoms with E-state index in [4.69, 9.17) is 4.42 Å². The number of likely N-dealkylation sites (tertiary alicyclic amines) is 1. The monoisotopic (exact) mass is 275 g/mol. The zero-order valence-corrected chi connectivity index (χ0v) is 12.4. The first-order chi connectivity index (χ1) is 9.45. The fourth-order valence-electron chi connectivity index (χ4n) is 3.08. The predicted octanol–water partition coefficient (Wildman–Crippen LogP) is 4.55. The van der Waals surface area contributed by atoms with E-state index in [0.717, 1.165) is 37.1 Å². The first-order valence-corrected chi connectivity index (χ1v) is 7.38. The van der Waals surface area contributed by atoms with Gasteiger partial charge >= 0.3 is 0 Å². The molecule has 1 aromatic carbocycles. The molecule has 3 heteroatoms. The lowest BCUT2D eigenvalue weighted by Gasteiger charge is -2.40. The largest absolute Gasteiger partial charge is 0.458 e. The topological polar surface area (TPSA) is 16.4 Å². The van der Waals surface area contributed by atoms with Gasteiger partial charge in [-0.15, -0.1) is 0 Å². The van der Waals surface area contributed by atoms with Gasteiger partial charge in [0.2, 0.25) is 0 Å². The number of rotatable bonds is 1. The highest BCUT2D eigenvalue weighted by Gasteiger charge is 2.29.